The molecule has 0 bridgehead atoms. The third kappa shape index (κ3) is 4.55. The van der Waals surface area contributed by atoms with E-state index in [0.29, 0.717) is 4.82 Å². The quantitative estimate of drug-likeness (QED) is 0.151. The summed E-state index contributed by atoms with van der Waals surface area (Å²) in [6, 6.07) is 0. The molecule has 0 spiro atoms. The SMILES string of the molecule is C[Si](C)(C)C1=CC(B(c2c(F)c(F)c(F)c(F)c2F)c2c(F)c(F)c(F)c(F)c2F)=C([Si](C)(C)C)[Si]1(C)C. The molecule has 0 aromatic heterocycles. The van der Waals surface area contributed by atoms with Crippen LogP contribution in [-0.2, 0) is 0 Å². The summed E-state index contributed by atoms with van der Waals surface area (Å²) in [6.45, 7) is 12.6. The Morgan fingerprint density at radius 1 is 0.500 bits per heavy atom. The third-order valence-corrected chi connectivity index (χ3v) is 21.6. The summed E-state index contributed by atoms with van der Waals surface area (Å²) in [6.07, 6.45) is 1.45. The van der Waals surface area contributed by atoms with Gasteiger partial charge in [0.25, 0.3) is 6.71 Å². The molecule has 206 valence electrons. The first-order valence-corrected chi connectivity index (χ1v) is 21.6. The second-order valence-corrected chi connectivity index (χ2v) is 27.2. The lowest BCUT2D eigenvalue weighted by molar-refractivity contribution is 0.382. The van der Waals surface area contributed by atoms with Gasteiger partial charge < -0.3 is 0 Å². The van der Waals surface area contributed by atoms with Crippen LogP contribution in [0, 0.1) is 58.2 Å². The van der Waals surface area contributed by atoms with Gasteiger partial charge in [-0.05, 0) is 0 Å². The molecule has 0 amide bonds. The third-order valence-electron chi connectivity index (χ3n) is 6.82. The molecule has 0 N–H and O–H groups in total. The van der Waals surface area contributed by atoms with E-state index in [9.17, 15) is 26.3 Å². The Balaban J connectivity index is 2.70. The van der Waals surface area contributed by atoms with Crippen LogP contribution < -0.4 is 10.9 Å². The lowest BCUT2D eigenvalue weighted by atomic mass is 9.36. The molecule has 0 unspecified atom stereocenters. The van der Waals surface area contributed by atoms with Gasteiger partial charge in [-0.1, -0.05) is 73.6 Å². The van der Waals surface area contributed by atoms with E-state index in [0.717, 1.165) is 4.82 Å². The van der Waals surface area contributed by atoms with Crippen LogP contribution in [0.15, 0.2) is 21.2 Å². The number of hydrogen-bond donors (Lipinski definition) is 0. The Labute approximate surface area is 217 Å². The minimum atomic E-state index is -2.76. The van der Waals surface area contributed by atoms with Crippen molar-refractivity contribution in [3.63, 3.8) is 0 Å². The average molecular weight is 599 g/mol. The number of allylic oxidation sites excluding steroid dienone is 2. The number of hydrogen-bond acceptors (Lipinski definition) is 0. The first kappa shape index (κ1) is 30.5. The molecular weight excluding hydrogens is 573 g/mol. The highest BCUT2D eigenvalue weighted by Crippen LogP contribution is 2.44. The van der Waals surface area contributed by atoms with Crippen LogP contribution in [0.1, 0.15) is 0 Å². The molecule has 1 heterocycles. The lowest BCUT2D eigenvalue weighted by Crippen LogP contribution is -2.54. The minimum absolute atomic E-state index is 0.176. The Morgan fingerprint density at radius 2 is 0.789 bits per heavy atom. The van der Waals surface area contributed by atoms with E-state index in [1.165, 1.54) is 6.08 Å². The molecule has 14 heteroatoms. The van der Waals surface area contributed by atoms with Crippen LogP contribution in [0.25, 0.3) is 0 Å². The molecule has 1 aliphatic heterocycles. The Morgan fingerprint density at radius 3 is 1.05 bits per heavy atom. The fourth-order valence-electron chi connectivity index (χ4n) is 5.86. The zero-order chi connectivity index (χ0) is 29.4. The van der Waals surface area contributed by atoms with Gasteiger partial charge >= 0.3 is 0 Å². The Hall–Kier alpha value is -2.06. The van der Waals surface area contributed by atoms with E-state index in [1.54, 1.807) is 0 Å². The molecule has 0 aliphatic carbocycles. The standard InChI is InChI=1S/C24H25BF10Si3/c1-36(2,3)11-9-10(24(37(4,5)6)38(11,7)8)25(12-14(26)18(30)22(34)19(31)15(12)27)13-16(28)20(32)23(35)21(33)17(13)29/h9H,1-8H3. The largest absolute Gasteiger partial charge is 0.256 e. The van der Waals surface area contributed by atoms with Crippen LogP contribution >= 0.6 is 0 Å². The molecule has 0 nitrogen and oxygen atoms in total. The summed E-state index contributed by atoms with van der Waals surface area (Å²) >= 11 is 0. The van der Waals surface area contributed by atoms with Crippen molar-refractivity contribution >= 4 is 41.9 Å². The second-order valence-electron chi connectivity index (χ2n) is 11.9. The smallest absolute Gasteiger partial charge is 0.204 e. The van der Waals surface area contributed by atoms with E-state index < -0.39 is 100 Å². The summed E-state index contributed by atoms with van der Waals surface area (Å²) in [5.41, 5.74) is -3.52. The number of rotatable bonds is 5. The Bertz CT molecular complexity index is 1290. The van der Waals surface area contributed by atoms with Gasteiger partial charge in [-0.2, -0.15) is 0 Å². The van der Waals surface area contributed by atoms with Gasteiger partial charge in [-0.15, -0.1) is 0 Å². The molecular formula is C24H25BF10Si3. The number of halogens is 10. The molecule has 1 aliphatic rings. The molecule has 0 saturated carbocycles. The maximum Gasteiger partial charge on any atom is 0.256 e. The zero-order valence-electron chi connectivity index (χ0n) is 21.9. The van der Waals surface area contributed by atoms with Crippen LogP contribution in [0.4, 0.5) is 43.9 Å². The van der Waals surface area contributed by atoms with Crippen molar-refractivity contribution in [3.8, 4) is 0 Å². The highest BCUT2D eigenvalue weighted by atomic mass is 28.4. The molecule has 0 saturated heterocycles. The van der Waals surface area contributed by atoms with Gasteiger partial charge in [0.05, 0.1) is 24.2 Å². The molecule has 2 aromatic rings. The van der Waals surface area contributed by atoms with Gasteiger partial charge in [-0.25, -0.2) is 43.9 Å². The first-order chi connectivity index (χ1) is 17.1. The second kappa shape index (κ2) is 9.54. The fraction of sp³-hybridized carbons (Fsp3) is 0.333. The van der Waals surface area contributed by atoms with E-state index in [2.05, 4.69) is 0 Å². The van der Waals surface area contributed by atoms with Crippen LogP contribution in [0.2, 0.25) is 52.4 Å². The highest BCUT2D eigenvalue weighted by Gasteiger charge is 2.51. The van der Waals surface area contributed by atoms with Gasteiger partial charge in [0.15, 0.2) is 58.2 Å². The molecule has 38 heavy (non-hydrogen) atoms. The summed E-state index contributed by atoms with van der Waals surface area (Å²) < 4.78 is 146. The first-order valence-electron chi connectivity index (χ1n) is 11.6. The highest BCUT2D eigenvalue weighted by molar-refractivity contribution is 7.18. The fourth-order valence-corrected chi connectivity index (χ4v) is 25.4. The van der Waals surface area contributed by atoms with Crippen molar-refractivity contribution in [1.82, 2.24) is 0 Å². The van der Waals surface area contributed by atoms with E-state index in [-0.39, 0.29) is 5.47 Å². The van der Waals surface area contributed by atoms with E-state index in [1.807, 2.05) is 52.4 Å². The topological polar surface area (TPSA) is 0 Å². The van der Waals surface area contributed by atoms with E-state index >= 15 is 17.6 Å². The molecule has 2 aromatic carbocycles. The van der Waals surface area contributed by atoms with Gasteiger partial charge in [0.2, 0.25) is 0 Å². The Kier molecular flexibility index (Phi) is 7.65. The number of benzene rings is 2. The van der Waals surface area contributed by atoms with Crippen molar-refractivity contribution in [2.45, 2.75) is 52.4 Å². The van der Waals surface area contributed by atoms with Crippen LogP contribution in [0.5, 0.6) is 0 Å². The summed E-state index contributed by atoms with van der Waals surface area (Å²) in [7, 11) is -7.65. The molecule has 0 fully saturated rings. The molecule has 3 rings (SSSR count). The normalized spacial score (nSPS) is 15.9. The molecule has 0 radical (unpaired) electrons. The predicted molar refractivity (Wildman–Crippen MR) is 137 cm³/mol. The zero-order valence-corrected chi connectivity index (χ0v) is 24.9. The van der Waals surface area contributed by atoms with Gasteiger partial charge in [-0.3, -0.25) is 0 Å². The summed E-state index contributed by atoms with van der Waals surface area (Å²) in [5.74, 6) is -24.3. The maximum absolute atomic E-state index is 15.2. The van der Waals surface area contributed by atoms with E-state index in [4.69, 9.17) is 0 Å². The van der Waals surface area contributed by atoms with Crippen LogP contribution in [0.3, 0.4) is 0 Å². The lowest BCUT2D eigenvalue weighted by Gasteiger charge is -2.38. The van der Waals surface area contributed by atoms with Crippen molar-refractivity contribution in [1.29, 1.82) is 0 Å². The van der Waals surface area contributed by atoms with Crippen molar-refractivity contribution < 1.29 is 43.9 Å². The van der Waals surface area contributed by atoms with Crippen molar-refractivity contribution in [3.05, 3.63) is 79.4 Å². The predicted octanol–water partition coefficient (Wildman–Crippen LogP) is 7.00. The van der Waals surface area contributed by atoms with Gasteiger partial charge in [0.1, 0.15) is 0 Å². The van der Waals surface area contributed by atoms with Crippen LogP contribution in [-0.4, -0.2) is 30.9 Å². The summed E-state index contributed by atoms with van der Waals surface area (Å²) in [5, 5.41) is 0. The van der Waals surface area contributed by atoms with Gasteiger partial charge in [0, 0.05) is 10.9 Å². The summed E-state index contributed by atoms with van der Waals surface area (Å²) in [4.78, 5) is 1.43. The maximum atomic E-state index is 15.2. The minimum Gasteiger partial charge on any atom is -0.204 e. The van der Waals surface area contributed by atoms with Crippen molar-refractivity contribution in [2.75, 3.05) is 0 Å². The monoisotopic (exact) mass is 598 g/mol. The molecule has 0 atom stereocenters. The van der Waals surface area contributed by atoms with Crippen molar-refractivity contribution in [2.24, 2.45) is 0 Å². The average Bonchev–Trinajstić information content (AvgIpc) is 3.09.